The van der Waals surface area contributed by atoms with Crippen LogP contribution in [0.5, 0.6) is 5.75 Å². The smallest absolute Gasteiger partial charge is 0.406 e. The number of hydrogen-bond donors (Lipinski definition) is 2. The lowest BCUT2D eigenvalue weighted by molar-refractivity contribution is -0.274. The SMILES string of the molecule is Cn1cc(C(Cc2ccc(OC(F)(F)F)cc2)NN)cn1. The summed E-state index contributed by atoms with van der Waals surface area (Å²) in [6.07, 6.45) is -0.648. The van der Waals surface area contributed by atoms with Gasteiger partial charge in [0, 0.05) is 18.8 Å². The molecule has 0 bridgehead atoms. The fraction of sp³-hybridized carbons (Fsp3) is 0.308. The molecule has 5 nitrogen and oxygen atoms in total. The average Bonchev–Trinajstić information content (AvgIpc) is 2.82. The molecule has 8 heteroatoms. The summed E-state index contributed by atoms with van der Waals surface area (Å²) < 4.78 is 41.7. The molecule has 0 aliphatic heterocycles. The largest absolute Gasteiger partial charge is 0.573 e. The highest BCUT2D eigenvalue weighted by Crippen LogP contribution is 2.24. The summed E-state index contributed by atoms with van der Waals surface area (Å²) in [7, 11) is 1.79. The number of aryl methyl sites for hydroxylation is 1. The van der Waals surface area contributed by atoms with Crippen molar-refractivity contribution in [3.63, 3.8) is 0 Å². The van der Waals surface area contributed by atoms with E-state index in [4.69, 9.17) is 5.84 Å². The van der Waals surface area contributed by atoms with E-state index in [0.717, 1.165) is 11.1 Å². The van der Waals surface area contributed by atoms with Crippen molar-refractivity contribution in [2.75, 3.05) is 0 Å². The van der Waals surface area contributed by atoms with E-state index in [1.807, 2.05) is 6.20 Å². The first kappa shape index (κ1) is 15.3. The highest BCUT2D eigenvalue weighted by atomic mass is 19.4. The second-order valence-electron chi connectivity index (χ2n) is 4.56. The van der Waals surface area contributed by atoms with Gasteiger partial charge in [-0.25, -0.2) is 0 Å². The fourth-order valence-electron chi connectivity index (χ4n) is 1.96. The Hall–Kier alpha value is -2.06. The Morgan fingerprint density at radius 3 is 2.48 bits per heavy atom. The van der Waals surface area contributed by atoms with Crippen molar-refractivity contribution in [1.29, 1.82) is 0 Å². The molecule has 0 aliphatic carbocycles. The number of ether oxygens (including phenoxy) is 1. The molecule has 3 N–H and O–H groups in total. The van der Waals surface area contributed by atoms with Crippen LogP contribution >= 0.6 is 0 Å². The Labute approximate surface area is 119 Å². The minimum Gasteiger partial charge on any atom is -0.406 e. The van der Waals surface area contributed by atoms with E-state index >= 15 is 0 Å². The van der Waals surface area contributed by atoms with Crippen LogP contribution in [0.4, 0.5) is 13.2 Å². The van der Waals surface area contributed by atoms with Gasteiger partial charge in [0.1, 0.15) is 5.75 Å². The number of aromatic nitrogens is 2. The van der Waals surface area contributed by atoms with Crippen molar-refractivity contribution in [3.05, 3.63) is 47.8 Å². The van der Waals surface area contributed by atoms with Crippen molar-refractivity contribution < 1.29 is 17.9 Å². The van der Waals surface area contributed by atoms with Gasteiger partial charge in [0.15, 0.2) is 0 Å². The van der Waals surface area contributed by atoms with E-state index in [-0.39, 0.29) is 11.8 Å². The first-order chi connectivity index (χ1) is 9.87. The number of nitrogens with zero attached hydrogens (tertiary/aromatic N) is 2. The number of hydrogen-bond acceptors (Lipinski definition) is 4. The number of halogens is 3. The topological polar surface area (TPSA) is 65.1 Å². The predicted octanol–water partition coefficient (Wildman–Crippen LogP) is 2.07. The van der Waals surface area contributed by atoms with Gasteiger partial charge < -0.3 is 4.74 Å². The van der Waals surface area contributed by atoms with Crippen LogP contribution in [0.25, 0.3) is 0 Å². The number of alkyl halides is 3. The van der Waals surface area contributed by atoms with Crippen LogP contribution in [-0.2, 0) is 13.5 Å². The summed E-state index contributed by atoms with van der Waals surface area (Å²) in [5.41, 5.74) is 4.40. The third-order valence-corrected chi connectivity index (χ3v) is 2.93. The van der Waals surface area contributed by atoms with Gasteiger partial charge >= 0.3 is 6.36 Å². The summed E-state index contributed by atoms with van der Waals surface area (Å²) in [4.78, 5) is 0. The third-order valence-electron chi connectivity index (χ3n) is 2.93. The van der Waals surface area contributed by atoms with Crippen LogP contribution in [0.15, 0.2) is 36.7 Å². The predicted molar refractivity (Wildman–Crippen MR) is 70.1 cm³/mol. The Morgan fingerprint density at radius 1 is 1.33 bits per heavy atom. The van der Waals surface area contributed by atoms with Gasteiger partial charge in [0.25, 0.3) is 0 Å². The Balaban J connectivity index is 2.05. The van der Waals surface area contributed by atoms with Gasteiger partial charge in [-0.05, 0) is 24.1 Å². The second kappa shape index (κ2) is 6.15. The van der Waals surface area contributed by atoms with Crippen LogP contribution in [0.2, 0.25) is 0 Å². The molecule has 114 valence electrons. The molecule has 1 heterocycles. The zero-order valence-electron chi connectivity index (χ0n) is 11.3. The van der Waals surface area contributed by atoms with Crippen molar-refractivity contribution in [2.45, 2.75) is 18.8 Å². The number of hydrazine groups is 1. The van der Waals surface area contributed by atoms with Crippen molar-refractivity contribution in [2.24, 2.45) is 12.9 Å². The van der Waals surface area contributed by atoms with Crippen molar-refractivity contribution in [3.8, 4) is 5.75 Å². The molecule has 1 aromatic heterocycles. The molecule has 0 radical (unpaired) electrons. The lowest BCUT2D eigenvalue weighted by Gasteiger charge is -2.15. The first-order valence-corrected chi connectivity index (χ1v) is 6.17. The quantitative estimate of drug-likeness (QED) is 0.655. The second-order valence-corrected chi connectivity index (χ2v) is 4.56. The Morgan fingerprint density at radius 2 is 2.00 bits per heavy atom. The minimum absolute atomic E-state index is 0.173. The maximum Gasteiger partial charge on any atom is 0.573 e. The number of nitrogens with two attached hydrogens (primary N) is 1. The summed E-state index contributed by atoms with van der Waals surface area (Å²) >= 11 is 0. The molecule has 21 heavy (non-hydrogen) atoms. The summed E-state index contributed by atoms with van der Waals surface area (Å²) in [6, 6.07) is 5.52. The van der Waals surface area contributed by atoms with Crippen LogP contribution in [0, 0.1) is 0 Å². The molecule has 0 amide bonds. The molecule has 1 aromatic carbocycles. The van der Waals surface area contributed by atoms with Gasteiger partial charge in [0.2, 0.25) is 0 Å². The van der Waals surface area contributed by atoms with Gasteiger partial charge in [-0.3, -0.25) is 16.0 Å². The lowest BCUT2D eigenvalue weighted by Crippen LogP contribution is -2.29. The van der Waals surface area contributed by atoms with E-state index < -0.39 is 6.36 Å². The van der Waals surface area contributed by atoms with Gasteiger partial charge in [0.05, 0.1) is 12.2 Å². The van der Waals surface area contributed by atoms with E-state index in [1.165, 1.54) is 12.1 Å². The maximum atomic E-state index is 12.1. The van der Waals surface area contributed by atoms with Gasteiger partial charge in [-0.1, -0.05) is 12.1 Å². The maximum absolute atomic E-state index is 12.1. The van der Waals surface area contributed by atoms with E-state index in [1.54, 1.807) is 30.1 Å². The molecular formula is C13H15F3N4O. The molecule has 2 rings (SSSR count). The molecule has 1 unspecified atom stereocenters. The molecule has 0 spiro atoms. The zero-order valence-corrected chi connectivity index (χ0v) is 11.3. The minimum atomic E-state index is -4.68. The molecule has 1 atom stereocenters. The molecule has 0 fully saturated rings. The van der Waals surface area contributed by atoms with Crippen molar-refractivity contribution >= 4 is 0 Å². The number of nitrogens with one attached hydrogen (secondary N) is 1. The van der Waals surface area contributed by atoms with Gasteiger partial charge in [-0.2, -0.15) is 5.10 Å². The summed E-state index contributed by atoms with van der Waals surface area (Å²) in [5, 5.41) is 4.06. The monoisotopic (exact) mass is 300 g/mol. The van der Waals surface area contributed by atoms with Crippen LogP contribution < -0.4 is 16.0 Å². The lowest BCUT2D eigenvalue weighted by atomic mass is 10.0. The van der Waals surface area contributed by atoms with Crippen molar-refractivity contribution in [1.82, 2.24) is 15.2 Å². The molecular weight excluding hydrogens is 285 g/mol. The van der Waals surface area contributed by atoms with E-state index in [9.17, 15) is 13.2 Å². The van der Waals surface area contributed by atoms with E-state index in [2.05, 4.69) is 15.3 Å². The standard InChI is InChI=1S/C13H15F3N4O/c1-20-8-10(7-18-20)12(19-17)6-9-2-4-11(5-3-9)21-13(14,15)16/h2-5,7-8,12,19H,6,17H2,1H3. The third kappa shape index (κ3) is 4.47. The highest BCUT2D eigenvalue weighted by Gasteiger charge is 2.30. The Kier molecular flexibility index (Phi) is 4.49. The highest BCUT2D eigenvalue weighted by molar-refractivity contribution is 5.29. The molecule has 0 aliphatic rings. The van der Waals surface area contributed by atoms with Crippen LogP contribution in [0.1, 0.15) is 17.2 Å². The number of benzene rings is 1. The summed E-state index contributed by atoms with van der Waals surface area (Å²) in [5.74, 6) is 5.27. The first-order valence-electron chi connectivity index (χ1n) is 6.17. The fourth-order valence-corrected chi connectivity index (χ4v) is 1.96. The normalized spacial score (nSPS) is 13.2. The average molecular weight is 300 g/mol. The summed E-state index contributed by atoms with van der Waals surface area (Å²) in [6.45, 7) is 0. The van der Waals surface area contributed by atoms with Gasteiger partial charge in [-0.15, -0.1) is 13.2 Å². The zero-order chi connectivity index (χ0) is 15.5. The molecule has 0 saturated heterocycles. The number of rotatable bonds is 5. The van der Waals surface area contributed by atoms with E-state index in [0.29, 0.717) is 6.42 Å². The van der Waals surface area contributed by atoms with Crippen LogP contribution in [0.3, 0.4) is 0 Å². The van der Waals surface area contributed by atoms with Crippen LogP contribution in [-0.4, -0.2) is 16.1 Å². The Bertz CT molecular complexity index is 580. The molecule has 0 saturated carbocycles. The molecule has 2 aromatic rings.